The summed E-state index contributed by atoms with van der Waals surface area (Å²) in [6.45, 7) is 7.24. The second-order valence-corrected chi connectivity index (χ2v) is 10.1. The highest BCUT2D eigenvalue weighted by Crippen LogP contribution is 2.33. The van der Waals surface area contributed by atoms with Gasteiger partial charge >= 0.3 is 6.03 Å². The number of ketones is 1. The van der Waals surface area contributed by atoms with Gasteiger partial charge in [0.1, 0.15) is 5.78 Å². The van der Waals surface area contributed by atoms with Gasteiger partial charge in [0.2, 0.25) is 5.91 Å². The molecule has 0 radical (unpaired) electrons. The van der Waals surface area contributed by atoms with Crippen molar-refractivity contribution in [1.82, 2.24) is 16.0 Å². The second kappa shape index (κ2) is 16.3. The molecule has 0 aromatic rings. The summed E-state index contributed by atoms with van der Waals surface area (Å²) in [5.41, 5.74) is 0. The maximum atomic E-state index is 12.0. The number of carbonyl (C=O) groups is 3. The van der Waals surface area contributed by atoms with Crippen LogP contribution in [0.15, 0.2) is 0 Å². The van der Waals surface area contributed by atoms with Gasteiger partial charge in [-0.25, -0.2) is 4.79 Å². The zero-order chi connectivity index (χ0) is 23.9. The summed E-state index contributed by atoms with van der Waals surface area (Å²) in [6, 6.07) is 0.465. The van der Waals surface area contributed by atoms with Crippen LogP contribution in [0.2, 0.25) is 0 Å². The number of hydrogen-bond acceptors (Lipinski definition) is 7. The van der Waals surface area contributed by atoms with Crippen molar-refractivity contribution >= 4 is 29.5 Å². The fourth-order valence-electron chi connectivity index (χ4n) is 3.80. The van der Waals surface area contributed by atoms with Crippen molar-refractivity contribution in [1.29, 1.82) is 0 Å². The monoisotopic (exact) mass is 487 g/mol. The molecule has 0 unspecified atom stereocenters. The van der Waals surface area contributed by atoms with Crippen molar-refractivity contribution in [2.24, 2.45) is 5.92 Å². The predicted octanol–water partition coefficient (Wildman–Crippen LogP) is 1.88. The number of urea groups is 1. The minimum Gasteiger partial charge on any atom is -0.379 e. The molecule has 2 heterocycles. The van der Waals surface area contributed by atoms with E-state index in [4.69, 9.17) is 14.2 Å². The molecule has 9 nitrogen and oxygen atoms in total. The lowest BCUT2D eigenvalue weighted by atomic mass is 10.0. The second-order valence-electron chi connectivity index (χ2n) is 8.79. The normalized spacial score (nSPS) is 21.7. The molecular weight excluding hydrogens is 446 g/mol. The van der Waals surface area contributed by atoms with E-state index in [0.29, 0.717) is 70.1 Å². The number of nitrogens with one attached hydrogen (secondary N) is 3. The number of thioether (sulfide) groups is 1. The van der Waals surface area contributed by atoms with E-state index in [1.54, 1.807) is 0 Å². The molecule has 33 heavy (non-hydrogen) atoms. The summed E-state index contributed by atoms with van der Waals surface area (Å²) in [5, 5.41) is 9.22. The lowest BCUT2D eigenvalue weighted by Crippen LogP contribution is -2.36. The first-order valence-corrected chi connectivity index (χ1v) is 13.2. The summed E-state index contributed by atoms with van der Waals surface area (Å²) < 4.78 is 16.3. The zero-order valence-corrected chi connectivity index (χ0v) is 20.9. The molecule has 2 fully saturated rings. The Kier molecular flexibility index (Phi) is 13.8. The number of carbonyl (C=O) groups excluding carboxylic acids is 3. The van der Waals surface area contributed by atoms with E-state index in [-0.39, 0.29) is 29.9 Å². The molecular formula is C23H41N3O6S. The molecule has 2 aliphatic heterocycles. The molecule has 0 aromatic heterocycles. The Hall–Kier alpha value is -1.36. The number of amides is 3. The maximum absolute atomic E-state index is 12.0. The number of hydrogen-bond donors (Lipinski definition) is 3. The molecule has 3 amide bonds. The molecule has 2 aliphatic rings. The Bertz CT molecular complexity index is 607. The zero-order valence-electron chi connectivity index (χ0n) is 20.1. The predicted molar refractivity (Wildman–Crippen MR) is 129 cm³/mol. The molecule has 0 spiro atoms. The minimum atomic E-state index is -0.0476. The van der Waals surface area contributed by atoms with Crippen molar-refractivity contribution in [2.45, 2.75) is 69.7 Å². The van der Waals surface area contributed by atoms with Crippen molar-refractivity contribution in [3.05, 3.63) is 0 Å². The quantitative estimate of drug-likeness (QED) is 0.188. The third kappa shape index (κ3) is 11.6. The smallest absolute Gasteiger partial charge is 0.315 e. The summed E-state index contributed by atoms with van der Waals surface area (Å²) >= 11 is 1.92. The van der Waals surface area contributed by atoms with Gasteiger partial charge in [0.15, 0.2) is 0 Å². The van der Waals surface area contributed by atoms with E-state index in [1.165, 1.54) is 0 Å². The topological polar surface area (TPSA) is 115 Å². The first-order valence-electron chi connectivity index (χ1n) is 12.2. The summed E-state index contributed by atoms with van der Waals surface area (Å²) in [4.78, 5) is 34.8. The minimum absolute atomic E-state index is 0.0114. The third-order valence-corrected chi connectivity index (χ3v) is 7.20. The van der Waals surface area contributed by atoms with Gasteiger partial charge in [-0.3, -0.25) is 9.59 Å². The van der Waals surface area contributed by atoms with Gasteiger partial charge in [0.25, 0.3) is 0 Å². The van der Waals surface area contributed by atoms with Gasteiger partial charge in [0.05, 0.1) is 45.1 Å². The van der Waals surface area contributed by atoms with Crippen LogP contribution in [0.25, 0.3) is 0 Å². The van der Waals surface area contributed by atoms with Crippen LogP contribution in [0.1, 0.15) is 52.4 Å². The number of Topliss-reactive ketones (excluding diaryl/α,β-unsaturated/α-hetero) is 1. The molecule has 10 heteroatoms. The fourth-order valence-corrected chi connectivity index (χ4v) is 5.34. The first kappa shape index (κ1) is 27.9. The van der Waals surface area contributed by atoms with E-state index < -0.39 is 0 Å². The van der Waals surface area contributed by atoms with Gasteiger partial charge in [-0.1, -0.05) is 20.3 Å². The van der Waals surface area contributed by atoms with E-state index >= 15 is 0 Å². The van der Waals surface area contributed by atoms with Gasteiger partial charge in [-0.2, -0.15) is 11.8 Å². The van der Waals surface area contributed by atoms with Crippen molar-refractivity contribution in [2.75, 3.05) is 51.9 Å². The Morgan fingerprint density at radius 3 is 2.36 bits per heavy atom. The Labute approximate surface area is 201 Å². The van der Waals surface area contributed by atoms with E-state index in [0.717, 1.165) is 31.4 Å². The fraction of sp³-hybridized carbons (Fsp3) is 0.870. The average molecular weight is 488 g/mol. The van der Waals surface area contributed by atoms with Crippen LogP contribution < -0.4 is 16.0 Å². The van der Waals surface area contributed by atoms with Crippen LogP contribution in [0.3, 0.4) is 0 Å². The molecule has 3 atom stereocenters. The molecule has 3 N–H and O–H groups in total. The molecule has 0 saturated carbocycles. The van der Waals surface area contributed by atoms with Crippen LogP contribution in [-0.2, 0) is 23.8 Å². The first-order chi connectivity index (χ1) is 16.0. The van der Waals surface area contributed by atoms with Crippen LogP contribution in [0.4, 0.5) is 4.79 Å². The third-order valence-electron chi connectivity index (χ3n) is 5.69. The molecule has 190 valence electrons. The lowest BCUT2D eigenvalue weighted by Gasteiger charge is -2.16. The van der Waals surface area contributed by atoms with Crippen LogP contribution >= 0.6 is 11.8 Å². The van der Waals surface area contributed by atoms with Gasteiger partial charge in [0, 0.05) is 42.9 Å². The SMILES string of the molecule is CC(C)C(=O)NCCOCCOCCOCCCC(=O)CCCC[C@@H]1SC[C@@H]2NC(=O)N[C@@H]21. The lowest BCUT2D eigenvalue weighted by molar-refractivity contribution is -0.124. The molecule has 2 saturated heterocycles. The summed E-state index contributed by atoms with van der Waals surface area (Å²) in [6.07, 6.45) is 4.90. The molecule has 0 aromatic carbocycles. The summed E-state index contributed by atoms with van der Waals surface area (Å²) in [5.74, 6) is 1.29. The van der Waals surface area contributed by atoms with Crippen molar-refractivity contribution < 1.29 is 28.6 Å². The number of fused-ring (bicyclic) bond motifs is 1. The Morgan fingerprint density at radius 2 is 1.64 bits per heavy atom. The van der Waals surface area contributed by atoms with Crippen molar-refractivity contribution in [3.8, 4) is 0 Å². The van der Waals surface area contributed by atoms with Gasteiger partial charge < -0.3 is 30.2 Å². The van der Waals surface area contributed by atoms with Crippen LogP contribution in [0.5, 0.6) is 0 Å². The highest BCUT2D eigenvalue weighted by Gasteiger charge is 2.42. The highest BCUT2D eigenvalue weighted by atomic mass is 32.2. The number of ether oxygens (including phenoxy) is 3. The van der Waals surface area contributed by atoms with Crippen LogP contribution in [0, 0.1) is 5.92 Å². The highest BCUT2D eigenvalue weighted by molar-refractivity contribution is 8.00. The Balaban J connectivity index is 1.30. The summed E-state index contributed by atoms with van der Waals surface area (Å²) in [7, 11) is 0. The largest absolute Gasteiger partial charge is 0.379 e. The number of unbranched alkanes of at least 4 members (excludes halogenated alkanes) is 1. The van der Waals surface area contributed by atoms with E-state index in [2.05, 4.69) is 16.0 Å². The maximum Gasteiger partial charge on any atom is 0.315 e. The Morgan fingerprint density at radius 1 is 0.970 bits per heavy atom. The average Bonchev–Trinajstić information content (AvgIpc) is 3.33. The van der Waals surface area contributed by atoms with Crippen molar-refractivity contribution in [3.63, 3.8) is 0 Å². The number of rotatable bonds is 19. The molecule has 2 rings (SSSR count). The van der Waals surface area contributed by atoms with Gasteiger partial charge in [-0.05, 0) is 19.3 Å². The molecule has 0 bridgehead atoms. The van der Waals surface area contributed by atoms with E-state index in [1.807, 2.05) is 25.6 Å². The molecule has 0 aliphatic carbocycles. The standard InChI is InChI=1S/C23H41N3O6S/c1-17(2)22(28)24-9-11-31-13-15-32-14-12-30-10-5-7-18(27)6-3-4-8-20-21-19(16-33-20)25-23(29)26-21/h17,19-21H,3-16H2,1-2H3,(H,24,28)(H2,25,26,29)/t19-,20-,21-/m0/s1. The van der Waals surface area contributed by atoms with Crippen LogP contribution in [-0.4, -0.2) is 87.0 Å². The van der Waals surface area contributed by atoms with E-state index in [9.17, 15) is 14.4 Å². The van der Waals surface area contributed by atoms with Gasteiger partial charge in [-0.15, -0.1) is 0 Å².